The van der Waals surface area contributed by atoms with Crippen molar-refractivity contribution in [3.63, 3.8) is 0 Å². The van der Waals surface area contributed by atoms with Crippen molar-refractivity contribution in [2.45, 2.75) is 37.9 Å². The quantitative estimate of drug-likeness (QED) is 0.117. The predicted octanol–water partition coefficient (Wildman–Crippen LogP) is 0.0208. The molecule has 3 aromatic rings. The lowest BCUT2D eigenvalue weighted by Gasteiger charge is -2.15. The summed E-state index contributed by atoms with van der Waals surface area (Å²) in [7, 11) is 0. The minimum Gasteiger partial charge on any atom is -0.480 e. The number of carbonyl (C=O) groups excluding carboxylic acids is 3. The van der Waals surface area contributed by atoms with Crippen molar-refractivity contribution in [3.05, 3.63) is 52.1 Å². The number of carbonyl (C=O) groups is 4. The summed E-state index contributed by atoms with van der Waals surface area (Å²) in [6.07, 6.45) is 2.95. The molecule has 212 valence electrons. The maximum Gasteiger partial charge on any atom is 0.330 e. The van der Waals surface area contributed by atoms with E-state index in [1.807, 2.05) is 6.26 Å². The van der Waals surface area contributed by atoms with Gasteiger partial charge in [0.15, 0.2) is 11.2 Å². The lowest BCUT2D eigenvalue weighted by atomic mass is 10.1. The molecule has 0 radical (unpaired) electrons. The van der Waals surface area contributed by atoms with Gasteiger partial charge in [0.25, 0.3) is 5.91 Å². The van der Waals surface area contributed by atoms with E-state index < -0.39 is 47.9 Å². The van der Waals surface area contributed by atoms with Crippen LogP contribution in [0, 0.1) is 0 Å². The van der Waals surface area contributed by atoms with Crippen molar-refractivity contribution < 1.29 is 29.0 Å². The number of rotatable bonds is 13. The number of amides is 1. The van der Waals surface area contributed by atoms with Crippen LogP contribution in [0.4, 0.5) is 11.6 Å². The SMILES string of the molecule is CSCC[C@H](N)C(=O)OC(=O)CC[C@H](NC(=O)c1ccc(NCc2cnc3[nH]c(N)nc(=O)c3n2)cc1)C(=O)O. The summed E-state index contributed by atoms with van der Waals surface area (Å²) in [6.45, 7) is 0.209. The number of hydrogen-bond donors (Lipinski definition) is 6. The number of fused-ring (bicyclic) bond motifs is 1. The van der Waals surface area contributed by atoms with E-state index in [1.165, 1.54) is 30.1 Å². The molecule has 0 saturated carbocycles. The Hall–Kier alpha value is -4.57. The molecule has 0 aliphatic carbocycles. The molecule has 40 heavy (non-hydrogen) atoms. The number of thioether (sulfide) groups is 1. The fraction of sp³-hybridized carbons (Fsp3) is 0.333. The van der Waals surface area contributed by atoms with Crippen molar-refractivity contribution in [3.8, 4) is 0 Å². The Morgan fingerprint density at radius 3 is 2.55 bits per heavy atom. The number of benzene rings is 1. The lowest BCUT2D eigenvalue weighted by Crippen LogP contribution is -2.41. The van der Waals surface area contributed by atoms with Crippen LogP contribution in [0.15, 0.2) is 35.3 Å². The van der Waals surface area contributed by atoms with E-state index in [9.17, 15) is 29.1 Å². The van der Waals surface area contributed by atoms with Gasteiger partial charge in [-0.05, 0) is 49.1 Å². The number of aromatic amines is 1. The van der Waals surface area contributed by atoms with Gasteiger partial charge >= 0.3 is 23.5 Å². The third kappa shape index (κ3) is 8.47. The summed E-state index contributed by atoms with van der Waals surface area (Å²) in [5.74, 6) is -3.28. The Bertz CT molecular complexity index is 1450. The number of carboxylic acid groups (broad SMARTS) is 1. The Kier molecular flexibility index (Phi) is 10.5. The van der Waals surface area contributed by atoms with Gasteiger partial charge in [-0.1, -0.05) is 0 Å². The summed E-state index contributed by atoms with van der Waals surface area (Å²) in [4.78, 5) is 74.6. The van der Waals surface area contributed by atoms with Gasteiger partial charge < -0.3 is 36.9 Å². The largest absolute Gasteiger partial charge is 0.480 e. The molecule has 0 bridgehead atoms. The summed E-state index contributed by atoms with van der Waals surface area (Å²) >= 11 is 1.49. The molecular weight excluding hydrogens is 544 g/mol. The molecular formula is C24H28N8O7S. The second-order valence-corrected chi connectivity index (χ2v) is 9.49. The number of hydrogen-bond acceptors (Lipinski definition) is 13. The van der Waals surface area contributed by atoms with Gasteiger partial charge in [0, 0.05) is 17.7 Å². The van der Waals surface area contributed by atoms with Crippen LogP contribution in [-0.4, -0.2) is 72.9 Å². The van der Waals surface area contributed by atoms with E-state index in [1.54, 1.807) is 12.1 Å². The number of ether oxygens (including phenoxy) is 1. The molecule has 0 aliphatic rings. The Balaban J connectivity index is 1.52. The van der Waals surface area contributed by atoms with Gasteiger partial charge in [0.2, 0.25) is 5.95 Å². The van der Waals surface area contributed by atoms with Gasteiger partial charge in [0.05, 0.1) is 18.4 Å². The lowest BCUT2D eigenvalue weighted by molar-refractivity contribution is -0.160. The number of esters is 2. The number of anilines is 2. The zero-order valence-electron chi connectivity index (χ0n) is 21.4. The Morgan fingerprint density at radius 2 is 1.88 bits per heavy atom. The van der Waals surface area contributed by atoms with Crippen LogP contribution in [0.1, 0.15) is 35.3 Å². The first-order chi connectivity index (χ1) is 19.1. The average Bonchev–Trinajstić information content (AvgIpc) is 2.92. The fourth-order valence-electron chi connectivity index (χ4n) is 3.36. The second-order valence-electron chi connectivity index (χ2n) is 8.50. The maximum atomic E-state index is 12.6. The summed E-state index contributed by atoms with van der Waals surface area (Å²) in [6, 6.07) is 3.80. The van der Waals surface area contributed by atoms with Gasteiger partial charge in [-0.25, -0.2) is 19.6 Å². The standard InChI is InChI=1S/C24H28N8O7S/c1-40-9-8-15(25)23(38)39-17(33)7-6-16(22(36)37)30-20(34)12-2-4-13(5-3-12)27-10-14-11-28-19-18(29-14)21(35)32-24(26)31-19/h2-5,11,15-16,27H,6-10,25H2,1H3,(H,30,34)(H,36,37)(H3,26,28,31,32,35)/t15-,16-/m0/s1. The van der Waals surface area contributed by atoms with Gasteiger partial charge in [-0.3, -0.25) is 14.4 Å². The molecule has 0 aliphatic heterocycles. The third-order valence-corrected chi connectivity index (χ3v) is 6.15. The molecule has 0 spiro atoms. The highest BCUT2D eigenvalue weighted by Crippen LogP contribution is 2.12. The zero-order valence-corrected chi connectivity index (χ0v) is 22.2. The number of nitrogens with one attached hydrogen (secondary N) is 3. The average molecular weight is 573 g/mol. The number of nitrogens with two attached hydrogens (primary N) is 2. The molecule has 0 fully saturated rings. The van der Waals surface area contributed by atoms with Crippen LogP contribution < -0.4 is 27.7 Å². The van der Waals surface area contributed by atoms with Gasteiger partial charge in [0.1, 0.15) is 12.1 Å². The summed E-state index contributed by atoms with van der Waals surface area (Å²) in [5.41, 5.74) is 12.1. The molecule has 0 saturated heterocycles. The highest BCUT2D eigenvalue weighted by atomic mass is 32.2. The van der Waals surface area contributed by atoms with Crippen LogP contribution in [-0.2, 0) is 25.7 Å². The smallest absolute Gasteiger partial charge is 0.330 e. The van der Waals surface area contributed by atoms with Gasteiger partial charge in [-0.2, -0.15) is 16.7 Å². The first-order valence-electron chi connectivity index (χ1n) is 12.0. The van der Waals surface area contributed by atoms with E-state index in [0.29, 0.717) is 23.6 Å². The first kappa shape index (κ1) is 30.0. The molecule has 0 unspecified atom stereocenters. The van der Waals surface area contributed by atoms with Crippen LogP contribution >= 0.6 is 11.8 Å². The molecule has 2 heterocycles. The van der Waals surface area contributed by atoms with Gasteiger partial charge in [-0.15, -0.1) is 0 Å². The highest BCUT2D eigenvalue weighted by Gasteiger charge is 2.24. The van der Waals surface area contributed by atoms with Crippen molar-refractivity contribution >= 4 is 58.4 Å². The normalized spacial score (nSPS) is 12.3. The Morgan fingerprint density at radius 1 is 1.15 bits per heavy atom. The van der Waals surface area contributed by atoms with E-state index in [-0.39, 0.29) is 35.6 Å². The van der Waals surface area contributed by atoms with Crippen LogP contribution in [0.25, 0.3) is 11.2 Å². The number of aromatic nitrogens is 4. The molecule has 1 aromatic carbocycles. The van der Waals surface area contributed by atoms with E-state index in [2.05, 4.69) is 35.3 Å². The minimum atomic E-state index is -1.39. The molecule has 2 aromatic heterocycles. The van der Waals surface area contributed by atoms with E-state index in [0.717, 1.165) is 0 Å². The first-order valence-corrected chi connectivity index (χ1v) is 13.3. The molecule has 8 N–H and O–H groups in total. The third-order valence-electron chi connectivity index (χ3n) is 5.50. The zero-order chi connectivity index (χ0) is 29.2. The fourth-order valence-corrected chi connectivity index (χ4v) is 3.85. The molecule has 15 nitrogen and oxygen atoms in total. The molecule has 3 rings (SSSR count). The minimum absolute atomic E-state index is 0.0445. The number of aliphatic carboxylic acids is 1. The van der Waals surface area contributed by atoms with Crippen LogP contribution in [0.5, 0.6) is 0 Å². The number of H-pyrrole nitrogens is 1. The van der Waals surface area contributed by atoms with Crippen LogP contribution in [0.2, 0.25) is 0 Å². The number of nitrogen functional groups attached to an aromatic ring is 1. The summed E-state index contributed by atoms with van der Waals surface area (Å²) < 4.78 is 4.67. The molecule has 1 amide bonds. The van der Waals surface area contributed by atoms with Crippen molar-refractivity contribution in [1.29, 1.82) is 0 Å². The van der Waals surface area contributed by atoms with E-state index >= 15 is 0 Å². The topological polar surface area (TPSA) is 245 Å². The second kappa shape index (κ2) is 14.0. The molecule has 2 atom stereocenters. The Labute approximate surface area is 231 Å². The van der Waals surface area contributed by atoms with Crippen molar-refractivity contribution in [2.75, 3.05) is 23.1 Å². The van der Waals surface area contributed by atoms with E-state index in [4.69, 9.17) is 11.5 Å². The maximum absolute atomic E-state index is 12.6. The molecule has 16 heteroatoms. The summed E-state index contributed by atoms with van der Waals surface area (Å²) in [5, 5.41) is 14.9. The van der Waals surface area contributed by atoms with Crippen molar-refractivity contribution in [1.82, 2.24) is 25.3 Å². The number of carboxylic acids is 1. The number of nitrogens with zero attached hydrogens (tertiary/aromatic N) is 3. The monoisotopic (exact) mass is 572 g/mol. The highest BCUT2D eigenvalue weighted by molar-refractivity contribution is 7.98. The van der Waals surface area contributed by atoms with Crippen molar-refractivity contribution in [2.24, 2.45) is 5.73 Å². The van der Waals surface area contributed by atoms with Crippen LogP contribution in [0.3, 0.4) is 0 Å². The predicted molar refractivity (Wildman–Crippen MR) is 146 cm³/mol.